The fourth-order valence-corrected chi connectivity index (χ4v) is 5.93. The maximum Gasteiger partial charge on any atom is 0.192 e. The van der Waals surface area contributed by atoms with Gasteiger partial charge in [0.1, 0.15) is 12.2 Å². The van der Waals surface area contributed by atoms with Crippen LogP contribution >= 0.6 is 0 Å². The fraction of sp³-hybridized carbons (Fsp3) is 0.783. The van der Waals surface area contributed by atoms with Gasteiger partial charge in [-0.3, -0.25) is 4.57 Å². The summed E-state index contributed by atoms with van der Waals surface area (Å²) in [6, 6.07) is 0. The second-order valence-electron chi connectivity index (χ2n) is 12.3. The zero-order chi connectivity index (χ0) is 25.0. The van der Waals surface area contributed by atoms with E-state index in [4.69, 9.17) is 19.3 Å². The summed E-state index contributed by atoms with van der Waals surface area (Å²) in [4.78, 5) is 13.2. The van der Waals surface area contributed by atoms with Crippen molar-refractivity contribution in [1.29, 1.82) is 0 Å². The highest BCUT2D eigenvalue weighted by molar-refractivity contribution is 6.74. The van der Waals surface area contributed by atoms with Crippen molar-refractivity contribution in [3.05, 3.63) is 12.2 Å². The number of nitrogens with two attached hydrogens (primary N) is 1. The van der Waals surface area contributed by atoms with E-state index in [-0.39, 0.29) is 28.5 Å². The maximum atomic E-state index is 6.91. The molecular weight excluding hydrogens is 450 g/mol. The molecular formula is C23H43N5O3Si2. The zero-order valence-corrected chi connectivity index (χ0v) is 24.3. The molecule has 2 aromatic heterocycles. The molecule has 3 atom stereocenters. The third kappa shape index (κ3) is 5.19. The number of imidazole rings is 1. The van der Waals surface area contributed by atoms with Crippen LogP contribution in [0, 0.1) is 6.92 Å². The summed E-state index contributed by atoms with van der Waals surface area (Å²) in [5.74, 6) is 1.16. The van der Waals surface area contributed by atoms with Gasteiger partial charge in [-0.05, 0) is 43.2 Å². The molecule has 8 nitrogen and oxygen atoms in total. The number of hydrogen-bond acceptors (Lipinski definition) is 7. The number of ether oxygens (including phenoxy) is 1. The van der Waals surface area contributed by atoms with Crippen LogP contribution in [-0.4, -0.2) is 55.0 Å². The van der Waals surface area contributed by atoms with E-state index in [2.05, 4.69) is 82.7 Å². The lowest BCUT2D eigenvalue weighted by Crippen LogP contribution is -2.45. The molecule has 1 aliphatic rings. The zero-order valence-electron chi connectivity index (χ0n) is 22.3. The Labute approximate surface area is 200 Å². The molecule has 1 saturated heterocycles. The Balaban J connectivity index is 1.94. The third-order valence-corrected chi connectivity index (χ3v) is 16.8. The quantitative estimate of drug-likeness (QED) is 0.537. The van der Waals surface area contributed by atoms with E-state index in [0.29, 0.717) is 23.6 Å². The molecule has 3 heterocycles. The Kier molecular flexibility index (Phi) is 6.93. The lowest BCUT2D eigenvalue weighted by molar-refractivity contribution is -0.0452. The van der Waals surface area contributed by atoms with Crippen LogP contribution in [0.15, 0.2) is 6.33 Å². The highest BCUT2D eigenvalue weighted by Gasteiger charge is 2.47. The fourth-order valence-electron chi connectivity index (χ4n) is 3.57. The Morgan fingerprint density at radius 3 is 2.24 bits per heavy atom. The first-order valence-electron chi connectivity index (χ1n) is 11.9. The van der Waals surface area contributed by atoms with Crippen molar-refractivity contribution in [3.63, 3.8) is 0 Å². The lowest BCUT2D eigenvalue weighted by Gasteiger charge is -2.39. The number of anilines is 1. The van der Waals surface area contributed by atoms with Gasteiger partial charge in [-0.2, -0.15) is 0 Å². The Morgan fingerprint density at radius 2 is 1.67 bits per heavy atom. The Hall–Kier alpha value is -1.34. The number of rotatable bonds is 6. The van der Waals surface area contributed by atoms with Crippen molar-refractivity contribution in [1.82, 2.24) is 19.5 Å². The second kappa shape index (κ2) is 8.71. The van der Waals surface area contributed by atoms with Crippen LogP contribution < -0.4 is 5.73 Å². The summed E-state index contributed by atoms with van der Waals surface area (Å²) < 4.78 is 22.1. The van der Waals surface area contributed by atoms with Gasteiger partial charge in [0.25, 0.3) is 0 Å². The highest BCUT2D eigenvalue weighted by atomic mass is 28.4. The van der Waals surface area contributed by atoms with Gasteiger partial charge in [-0.1, -0.05) is 41.5 Å². The van der Waals surface area contributed by atoms with E-state index in [0.717, 1.165) is 12.2 Å². The van der Waals surface area contributed by atoms with Crippen LogP contribution in [0.4, 0.5) is 5.82 Å². The molecule has 0 bridgehead atoms. The number of hydrogen-bond donors (Lipinski definition) is 1. The van der Waals surface area contributed by atoms with Crippen molar-refractivity contribution in [2.24, 2.45) is 0 Å². The summed E-state index contributed by atoms with van der Waals surface area (Å²) >= 11 is 0. The average Bonchev–Trinajstić information content (AvgIpc) is 3.18. The van der Waals surface area contributed by atoms with E-state index < -0.39 is 16.6 Å². The molecule has 3 rings (SSSR count). The minimum absolute atomic E-state index is 0.0603. The summed E-state index contributed by atoms with van der Waals surface area (Å²) in [7, 11) is -3.93. The molecule has 186 valence electrons. The standard InChI is InChI=1S/C23H43N5O3Si2/c1-15-27-18-19(24)25-14-26-20(18)28(15)21-17(31-33(10,11)23(5,6)7)12-16(30-21)13-29-32(8,9)22(2,3)4/h14,16-17,21H,12-13H2,1-11H3,(H2,24,25,26)/t16-,17+,21+/m0/s1. The van der Waals surface area contributed by atoms with E-state index in [1.54, 1.807) is 0 Å². The van der Waals surface area contributed by atoms with E-state index >= 15 is 0 Å². The normalized spacial score (nSPS) is 22.9. The van der Waals surface area contributed by atoms with Crippen molar-refractivity contribution in [3.8, 4) is 0 Å². The number of nitrogens with zero attached hydrogens (tertiary/aromatic N) is 4. The largest absolute Gasteiger partial charge is 0.414 e. The number of nitrogen functional groups attached to an aromatic ring is 1. The van der Waals surface area contributed by atoms with E-state index in [9.17, 15) is 0 Å². The highest BCUT2D eigenvalue weighted by Crippen LogP contribution is 2.43. The molecule has 0 aliphatic carbocycles. The monoisotopic (exact) mass is 493 g/mol. The van der Waals surface area contributed by atoms with Crippen LogP contribution in [0.25, 0.3) is 11.2 Å². The minimum Gasteiger partial charge on any atom is -0.414 e. The molecule has 0 unspecified atom stereocenters. The van der Waals surface area contributed by atoms with Crippen molar-refractivity contribution in [2.45, 2.75) is 110 Å². The smallest absolute Gasteiger partial charge is 0.192 e. The molecule has 10 heteroatoms. The van der Waals surface area contributed by atoms with Gasteiger partial charge in [-0.25, -0.2) is 15.0 Å². The van der Waals surface area contributed by atoms with Gasteiger partial charge in [0.2, 0.25) is 0 Å². The van der Waals surface area contributed by atoms with E-state index in [1.807, 2.05) is 11.5 Å². The van der Waals surface area contributed by atoms with Crippen LogP contribution in [-0.2, 0) is 13.6 Å². The maximum absolute atomic E-state index is 6.91. The first-order valence-corrected chi connectivity index (χ1v) is 17.7. The number of aromatic nitrogens is 4. The molecule has 0 saturated carbocycles. The summed E-state index contributed by atoms with van der Waals surface area (Å²) in [5.41, 5.74) is 7.37. The molecule has 33 heavy (non-hydrogen) atoms. The van der Waals surface area contributed by atoms with Gasteiger partial charge < -0.3 is 19.3 Å². The predicted molar refractivity (Wildman–Crippen MR) is 138 cm³/mol. The van der Waals surface area contributed by atoms with Gasteiger partial charge in [0.15, 0.2) is 39.8 Å². The molecule has 0 amide bonds. The van der Waals surface area contributed by atoms with E-state index in [1.165, 1.54) is 6.33 Å². The molecule has 2 N–H and O–H groups in total. The number of aryl methyl sites for hydroxylation is 1. The SMILES string of the molecule is Cc1nc2c(N)ncnc2n1[C@@H]1O[C@H](CO[Si](C)(C)C(C)(C)C)C[C@H]1O[Si](C)(C)C(C)(C)C. The first kappa shape index (κ1) is 26.3. The molecule has 0 aromatic carbocycles. The van der Waals surface area contributed by atoms with Gasteiger partial charge in [-0.15, -0.1) is 0 Å². The molecule has 1 fully saturated rings. The average molecular weight is 494 g/mol. The first-order chi connectivity index (χ1) is 14.9. The topological polar surface area (TPSA) is 97.3 Å². The van der Waals surface area contributed by atoms with Crippen LogP contribution in [0.1, 0.15) is 60.0 Å². The number of fused-ring (bicyclic) bond motifs is 1. The van der Waals surface area contributed by atoms with Gasteiger partial charge in [0.05, 0.1) is 18.8 Å². The van der Waals surface area contributed by atoms with Crippen LogP contribution in [0.5, 0.6) is 0 Å². The van der Waals surface area contributed by atoms with Crippen molar-refractivity contribution >= 4 is 33.6 Å². The van der Waals surface area contributed by atoms with Gasteiger partial charge in [0, 0.05) is 6.42 Å². The summed E-state index contributed by atoms with van der Waals surface area (Å²) in [6.45, 7) is 25.2. The molecule has 1 aliphatic heterocycles. The second-order valence-corrected chi connectivity index (χ2v) is 21.9. The predicted octanol–water partition coefficient (Wildman–Crippen LogP) is 5.42. The Bertz CT molecular complexity index is 994. The molecule has 0 spiro atoms. The third-order valence-electron chi connectivity index (χ3n) is 7.77. The lowest BCUT2D eigenvalue weighted by atomic mass is 10.2. The van der Waals surface area contributed by atoms with Crippen LogP contribution in [0.2, 0.25) is 36.3 Å². The molecule has 0 radical (unpaired) electrons. The Morgan fingerprint density at radius 1 is 1.06 bits per heavy atom. The van der Waals surface area contributed by atoms with Crippen LogP contribution in [0.3, 0.4) is 0 Å². The minimum atomic E-state index is -2.04. The summed E-state index contributed by atoms with van der Waals surface area (Å²) in [5, 5.41) is 0.236. The van der Waals surface area contributed by atoms with Crippen molar-refractivity contribution < 1.29 is 13.6 Å². The molecule has 2 aromatic rings. The van der Waals surface area contributed by atoms with Gasteiger partial charge >= 0.3 is 0 Å². The summed E-state index contributed by atoms with van der Waals surface area (Å²) in [6.07, 6.45) is 1.73. The van der Waals surface area contributed by atoms with Crippen molar-refractivity contribution in [2.75, 3.05) is 12.3 Å².